The molecule has 1 N–H and O–H groups in total. The van der Waals surface area contributed by atoms with Gasteiger partial charge in [0.1, 0.15) is 11.0 Å². The van der Waals surface area contributed by atoms with Gasteiger partial charge >= 0.3 is 0 Å². The molecule has 17 heavy (non-hydrogen) atoms. The molecule has 4 heteroatoms. The number of nitrogens with zero attached hydrogens (tertiary/aromatic N) is 1. The van der Waals surface area contributed by atoms with Crippen molar-refractivity contribution in [3.05, 3.63) is 11.4 Å². The highest BCUT2D eigenvalue weighted by atomic mass is 32.2. The molecule has 1 fully saturated rings. The zero-order chi connectivity index (χ0) is 13.1. The van der Waals surface area contributed by atoms with Crippen molar-refractivity contribution in [1.82, 2.24) is 4.72 Å². The van der Waals surface area contributed by atoms with E-state index in [0.717, 1.165) is 6.42 Å². The topological polar surface area (TPSA) is 33.5 Å². The SMILES string of the molecule is [C-]#[N+][C@@H](N[S@@](=O)C(C)(C)C)C(CC)C1CCC1. The fourth-order valence-electron chi connectivity index (χ4n) is 2.18. The van der Waals surface area contributed by atoms with Crippen LogP contribution in [0.2, 0.25) is 0 Å². The van der Waals surface area contributed by atoms with E-state index >= 15 is 0 Å². The maximum atomic E-state index is 12.0. The fraction of sp³-hybridized carbons (Fsp3) is 0.923. The van der Waals surface area contributed by atoms with Gasteiger partial charge in [-0.15, -0.1) is 0 Å². The van der Waals surface area contributed by atoms with Gasteiger partial charge in [0.15, 0.2) is 0 Å². The van der Waals surface area contributed by atoms with Gasteiger partial charge in [-0.1, -0.05) is 13.3 Å². The first-order valence-electron chi connectivity index (χ1n) is 6.44. The average Bonchev–Trinajstić information content (AvgIpc) is 2.18. The Morgan fingerprint density at radius 3 is 2.35 bits per heavy atom. The minimum Gasteiger partial charge on any atom is -0.295 e. The Balaban J connectivity index is 2.64. The zero-order valence-electron chi connectivity index (χ0n) is 11.3. The van der Waals surface area contributed by atoms with Gasteiger partial charge in [0.2, 0.25) is 0 Å². The summed E-state index contributed by atoms with van der Waals surface area (Å²) in [4.78, 5) is 3.66. The molecule has 0 aromatic carbocycles. The van der Waals surface area contributed by atoms with E-state index in [1.54, 1.807) is 0 Å². The first kappa shape index (κ1) is 14.7. The van der Waals surface area contributed by atoms with E-state index in [1.807, 2.05) is 20.8 Å². The van der Waals surface area contributed by atoms with E-state index in [4.69, 9.17) is 6.57 Å². The van der Waals surface area contributed by atoms with E-state index < -0.39 is 11.0 Å². The monoisotopic (exact) mass is 256 g/mol. The molecular formula is C13H24N2OS. The van der Waals surface area contributed by atoms with Gasteiger partial charge in [-0.25, -0.2) is 10.8 Å². The fourth-order valence-corrected chi connectivity index (χ4v) is 2.98. The Labute approximate surface area is 108 Å². The van der Waals surface area contributed by atoms with Crippen molar-refractivity contribution in [3.63, 3.8) is 0 Å². The van der Waals surface area contributed by atoms with Crippen LogP contribution in [0.5, 0.6) is 0 Å². The molecule has 0 amide bonds. The maximum Gasteiger partial charge on any atom is 0.290 e. The molecule has 0 radical (unpaired) electrons. The van der Waals surface area contributed by atoms with E-state index in [9.17, 15) is 4.21 Å². The van der Waals surface area contributed by atoms with Crippen LogP contribution in [0.15, 0.2) is 0 Å². The summed E-state index contributed by atoms with van der Waals surface area (Å²) in [5.41, 5.74) is 0. The van der Waals surface area contributed by atoms with Crippen LogP contribution in [-0.4, -0.2) is 15.1 Å². The van der Waals surface area contributed by atoms with Gasteiger partial charge in [0.25, 0.3) is 6.17 Å². The summed E-state index contributed by atoms with van der Waals surface area (Å²) in [6.45, 7) is 15.2. The predicted molar refractivity (Wildman–Crippen MR) is 72.5 cm³/mol. The van der Waals surface area contributed by atoms with E-state index in [0.29, 0.717) is 11.8 Å². The molecule has 1 saturated carbocycles. The van der Waals surface area contributed by atoms with Crippen LogP contribution >= 0.6 is 0 Å². The van der Waals surface area contributed by atoms with Crippen molar-refractivity contribution >= 4 is 11.0 Å². The van der Waals surface area contributed by atoms with Crippen molar-refractivity contribution in [2.45, 2.75) is 64.3 Å². The molecule has 1 aliphatic carbocycles. The minimum atomic E-state index is -1.15. The minimum absolute atomic E-state index is 0.287. The van der Waals surface area contributed by atoms with Crippen LogP contribution in [0.25, 0.3) is 4.85 Å². The highest BCUT2D eigenvalue weighted by molar-refractivity contribution is 7.84. The second-order valence-electron chi connectivity index (χ2n) is 5.84. The van der Waals surface area contributed by atoms with Crippen molar-refractivity contribution < 1.29 is 4.21 Å². The molecule has 0 heterocycles. The summed E-state index contributed by atoms with van der Waals surface area (Å²) in [6, 6.07) is 0. The van der Waals surface area contributed by atoms with Crippen LogP contribution in [0.3, 0.4) is 0 Å². The quantitative estimate of drug-likeness (QED) is 0.753. The van der Waals surface area contributed by atoms with Gasteiger partial charge in [-0.3, -0.25) is 4.85 Å². The third-order valence-electron chi connectivity index (χ3n) is 3.56. The number of nitrogens with one attached hydrogen (secondary N) is 1. The first-order chi connectivity index (χ1) is 7.90. The lowest BCUT2D eigenvalue weighted by Crippen LogP contribution is -2.44. The molecule has 3 atom stereocenters. The Morgan fingerprint density at radius 1 is 1.47 bits per heavy atom. The third-order valence-corrected chi connectivity index (χ3v) is 5.12. The lowest BCUT2D eigenvalue weighted by Gasteiger charge is -2.34. The van der Waals surface area contributed by atoms with Crippen LogP contribution in [-0.2, 0) is 11.0 Å². The molecule has 0 saturated heterocycles. The van der Waals surface area contributed by atoms with Crippen LogP contribution in [0.4, 0.5) is 0 Å². The molecule has 0 spiro atoms. The van der Waals surface area contributed by atoms with Crippen molar-refractivity contribution in [3.8, 4) is 0 Å². The van der Waals surface area contributed by atoms with Crippen LogP contribution < -0.4 is 4.72 Å². The Morgan fingerprint density at radius 2 is 2.06 bits per heavy atom. The molecule has 1 unspecified atom stereocenters. The molecular weight excluding hydrogens is 232 g/mol. The highest BCUT2D eigenvalue weighted by Gasteiger charge is 2.37. The predicted octanol–water partition coefficient (Wildman–Crippen LogP) is 3.11. The number of hydrogen-bond acceptors (Lipinski definition) is 1. The summed E-state index contributed by atoms with van der Waals surface area (Å²) in [7, 11) is -1.15. The summed E-state index contributed by atoms with van der Waals surface area (Å²) in [6.07, 6.45) is 4.45. The van der Waals surface area contributed by atoms with E-state index in [1.165, 1.54) is 19.3 Å². The maximum absolute atomic E-state index is 12.0. The molecule has 0 bridgehead atoms. The molecule has 1 aliphatic rings. The third kappa shape index (κ3) is 3.79. The molecule has 0 aliphatic heterocycles. The molecule has 1 rings (SSSR count). The van der Waals surface area contributed by atoms with Crippen molar-refractivity contribution in [2.24, 2.45) is 11.8 Å². The number of rotatable bonds is 5. The average molecular weight is 256 g/mol. The Hall–Kier alpha value is -0.400. The number of hydrogen-bond donors (Lipinski definition) is 1. The Bertz CT molecular complexity index is 312. The highest BCUT2D eigenvalue weighted by Crippen LogP contribution is 2.37. The van der Waals surface area contributed by atoms with Gasteiger partial charge in [0.05, 0.1) is 10.7 Å². The first-order valence-corrected chi connectivity index (χ1v) is 7.59. The van der Waals surface area contributed by atoms with Gasteiger partial charge in [0, 0.05) is 0 Å². The lowest BCUT2D eigenvalue weighted by atomic mass is 9.73. The normalized spacial score (nSPS) is 22.3. The van der Waals surface area contributed by atoms with E-state index in [-0.39, 0.29) is 10.9 Å². The molecule has 3 nitrogen and oxygen atoms in total. The largest absolute Gasteiger partial charge is 0.295 e. The lowest BCUT2D eigenvalue weighted by molar-refractivity contribution is 0.181. The summed E-state index contributed by atoms with van der Waals surface area (Å²) >= 11 is 0. The zero-order valence-corrected chi connectivity index (χ0v) is 12.1. The van der Waals surface area contributed by atoms with Gasteiger partial charge in [-0.05, 0) is 46.0 Å². The smallest absolute Gasteiger partial charge is 0.290 e. The standard InChI is InChI=1S/C13H24N2OS/c1-6-11(10-8-7-9-10)12(14-5)15-17(16)13(2,3)4/h10-12,15H,6-9H2,1-4H3/t11?,12-,17-/m0/s1. The summed E-state index contributed by atoms with van der Waals surface area (Å²) < 4.78 is 14.8. The second kappa shape index (κ2) is 5.97. The van der Waals surface area contributed by atoms with Crippen LogP contribution in [0.1, 0.15) is 53.4 Å². The van der Waals surface area contributed by atoms with Gasteiger partial charge in [-0.2, -0.15) is 4.72 Å². The summed E-state index contributed by atoms with van der Waals surface area (Å²) in [5, 5.41) is 0. The van der Waals surface area contributed by atoms with Crippen LogP contribution in [0, 0.1) is 18.4 Å². The van der Waals surface area contributed by atoms with Crippen molar-refractivity contribution in [1.29, 1.82) is 0 Å². The Kier molecular flexibility index (Phi) is 5.15. The summed E-state index contributed by atoms with van der Waals surface area (Å²) in [5.74, 6) is 1.01. The van der Waals surface area contributed by atoms with Gasteiger partial charge < -0.3 is 0 Å². The second-order valence-corrected chi connectivity index (χ2v) is 7.83. The molecule has 0 aromatic heterocycles. The molecule has 98 valence electrons. The van der Waals surface area contributed by atoms with Crippen molar-refractivity contribution in [2.75, 3.05) is 0 Å². The van der Waals surface area contributed by atoms with E-state index in [2.05, 4.69) is 16.5 Å². The molecule has 0 aromatic rings.